The number of ketones is 1. The number of nitrogens with two attached hydrogens (primary N) is 1. The molecule has 1 fully saturated rings. The van der Waals surface area contributed by atoms with Gasteiger partial charge in [0.2, 0.25) is 0 Å². The second kappa shape index (κ2) is 6.92. The van der Waals surface area contributed by atoms with Crippen LogP contribution in [0.2, 0.25) is 0 Å². The highest BCUT2D eigenvalue weighted by Crippen LogP contribution is 2.46. The molecule has 0 amide bonds. The Kier molecular flexibility index (Phi) is 4.86. The van der Waals surface area contributed by atoms with Crippen LogP contribution in [0, 0.1) is 11.8 Å². The lowest BCUT2D eigenvalue weighted by molar-refractivity contribution is -0.123. The molecule has 5 nitrogen and oxygen atoms in total. The first-order chi connectivity index (χ1) is 12.0. The number of methoxy groups -OCH3 is 1. The summed E-state index contributed by atoms with van der Waals surface area (Å²) in [6, 6.07) is 5.82. The molecule has 25 heavy (non-hydrogen) atoms. The molecule has 0 aromatic heterocycles. The number of rotatable bonds is 6. The number of hydrogen-bond acceptors (Lipinski definition) is 5. The topological polar surface area (TPSA) is 70.8 Å². The second-order valence-electron chi connectivity index (χ2n) is 6.81. The highest BCUT2D eigenvalue weighted by molar-refractivity contribution is 5.93. The number of hydrogen-bond donors (Lipinski definition) is 1. The minimum Gasteiger partial charge on any atom is -0.495 e. The smallest absolute Gasteiger partial charge is 0.189 e. The number of carbonyl (C=O) groups excluding carboxylic acids is 1. The van der Waals surface area contributed by atoms with Gasteiger partial charge >= 0.3 is 0 Å². The van der Waals surface area contributed by atoms with Crippen molar-refractivity contribution in [2.75, 3.05) is 19.6 Å². The molecule has 0 radical (unpaired) electrons. The normalized spacial score (nSPS) is 26.4. The van der Waals surface area contributed by atoms with Gasteiger partial charge in [-0.15, -0.1) is 6.58 Å². The summed E-state index contributed by atoms with van der Waals surface area (Å²) in [4.78, 5) is 12.3. The molecule has 2 N–H and O–H groups in total. The van der Waals surface area contributed by atoms with Crippen LogP contribution in [0.15, 0.2) is 42.7 Å². The fraction of sp³-hybridized carbons (Fsp3) is 0.450. The summed E-state index contributed by atoms with van der Waals surface area (Å²) < 4.78 is 16.9. The largest absolute Gasteiger partial charge is 0.495 e. The average molecular weight is 343 g/mol. The SMILES string of the molecule is C=CCC1C[C@]2(C(C)Cc3ccc(OC)c(N)c3)OCOC2=CC1=O. The zero-order valence-corrected chi connectivity index (χ0v) is 14.8. The third-order valence-electron chi connectivity index (χ3n) is 5.26. The van der Waals surface area contributed by atoms with E-state index in [1.165, 1.54) is 0 Å². The van der Waals surface area contributed by atoms with Gasteiger partial charge in [0.25, 0.3) is 0 Å². The molecular formula is C20H25NO4. The Bertz CT molecular complexity index is 712. The Labute approximate surface area is 148 Å². The van der Waals surface area contributed by atoms with E-state index in [1.807, 2.05) is 18.2 Å². The van der Waals surface area contributed by atoms with E-state index >= 15 is 0 Å². The summed E-state index contributed by atoms with van der Waals surface area (Å²) in [6.07, 6.45) is 5.44. The molecule has 1 aliphatic carbocycles. The van der Waals surface area contributed by atoms with E-state index in [-0.39, 0.29) is 24.4 Å². The summed E-state index contributed by atoms with van der Waals surface area (Å²) in [5.41, 5.74) is 7.19. The third kappa shape index (κ3) is 3.16. The van der Waals surface area contributed by atoms with Crippen LogP contribution in [-0.2, 0) is 20.7 Å². The predicted molar refractivity (Wildman–Crippen MR) is 96.1 cm³/mol. The highest BCUT2D eigenvalue weighted by Gasteiger charge is 2.51. The maximum atomic E-state index is 12.3. The number of carbonyl (C=O) groups is 1. The Morgan fingerprint density at radius 1 is 1.52 bits per heavy atom. The van der Waals surface area contributed by atoms with Gasteiger partial charge in [-0.1, -0.05) is 19.1 Å². The molecule has 3 atom stereocenters. The van der Waals surface area contributed by atoms with E-state index in [4.69, 9.17) is 19.9 Å². The molecule has 1 heterocycles. The van der Waals surface area contributed by atoms with Crippen molar-refractivity contribution < 1.29 is 19.0 Å². The number of allylic oxidation sites excluding steroid dienone is 2. The van der Waals surface area contributed by atoms with Crippen molar-refractivity contribution in [3.8, 4) is 5.75 Å². The summed E-state index contributed by atoms with van der Waals surface area (Å²) in [6.45, 7) is 6.08. The molecular weight excluding hydrogens is 318 g/mol. The van der Waals surface area contributed by atoms with Crippen molar-refractivity contribution in [3.63, 3.8) is 0 Å². The van der Waals surface area contributed by atoms with Gasteiger partial charge < -0.3 is 19.9 Å². The third-order valence-corrected chi connectivity index (χ3v) is 5.26. The second-order valence-corrected chi connectivity index (χ2v) is 6.81. The molecule has 134 valence electrons. The molecule has 1 saturated heterocycles. The van der Waals surface area contributed by atoms with E-state index < -0.39 is 5.60 Å². The Balaban J connectivity index is 1.85. The minimum absolute atomic E-state index is 0.0944. The molecule has 5 heteroatoms. The summed E-state index contributed by atoms with van der Waals surface area (Å²) in [5, 5.41) is 0. The standard InChI is InChI=1S/C20H25NO4/c1-4-5-15-11-20(19(10-17(15)22)24-12-25-20)13(2)8-14-6-7-18(23-3)16(21)9-14/h4,6-7,9-10,13,15H,1,5,8,11-12,21H2,2-3H3/t13?,15?,20-/m1/s1. The summed E-state index contributed by atoms with van der Waals surface area (Å²) in [7, 11) is 1.60. The number of nitrogen functional groups attached to an aromatic ring is 1. The monoisotopic (exact) mass is 343 g/mol. The van der Waals surface area contributed by atoms with Crippen LogP contribution in [0.3, 0.4) is 0 Å². The van der Waals surface area contributed by atoms with Gasteiger partial charge in [0.1, 0.15) is 17.1 Å². The van der Waals surface area contributed by atoms with Gasteiger partial charge in [0.15, 0.2) is 12.6 Å². The molecule has 0 bridgehead atoms. The van der Waals surface area contributed by atoms with Gasteiger partial charge in [-0.25, -0.2) is 0 Å². The average Bonchev–Trinajstić information content (AvgIpc) is 2.99. The first-order valence-electron chi connectivity index (χ1n) is 8.56. The van der Waals surface area contributed by atoms with Crippen LogP contribution in [0.25, 0.3) is 0 Å². The Morgan fingerprint density at radius 2 is 2.32 bits per heavy atom. The van der Waals surface area contributed by atoms with Gasteiger partial charge in [0.05, 0.1) is 12.8 Å². The lowest BCUT2D eigenvalue weighted by Crippen LogP contribution is -2.44. The predicted octanol–water partition coefficient (Wildman–Crippen LogP) is 3.25. The van der Waals surface area contributed by atoms with Gasteiger partial charge in [-0.2, -0.15) is 0 Å². The molecule has 1 aromatic carbocycles. The van der Waals surface area contributed by atoms with Crippen LogP contribution in [-0.4, -0.2) is 25.3 Å². The number of anilines is 1. The fourth-order valence-electron chi connectivity index (χ4n) is 3.84. The highest BCUT2D eigenvalue weighted by atomic mass is 16.7. The van der Waals surface area contributed by atoms with E-state index in [0.717, 1.165) is 12.0 Å². The van der Waals surface area contributed by atoms with Crippen LogP contribution in [0.5, 0.6) is 5.75 Å². The molecule has 1 aliphatic heterocycles. The first-order valence-corrected chi connectivity index (χ1v) is 8.56. The zero-order chi connectivity index (χ0) is 18.0. The van der Waals surface area contributed by atoms with Crippen molar-refractivity contribution in [3.05, 3.63) is 48.3 Å². The lowest BCUT2D eigenvalue weighted by atomic mass is 9.71. The van der Waals surface area contributed by atoms with Gasteiger partial charge in [0, 0.05) is 12.0 Å². The summed E-state index contributed by atoms with van der Waals surface area (Å²) >= 11 is 0. The molecule has 2 aliphatic rings. The maximum Gasteiger partial charge on any atom is 0.189 e. The van der Waals surface area contributed by atoms with Crippen molar-refractivity contribution in [2.45, 2.75) is 31.8 Å². The van der Waals surface area contributed by atoms with Crippen LogP contribution >= 0.6 is 0 Å². The van der Waals surface area contributed by atoms with E-state index in [2.05, 4.69) is 13.5 Å². The van der Waals surface area contributed by atoms with Crippen molar-refractivity contribution in [2.24, 2.45) is 11.8 Å². The van der Waals surface area contributed by atoms with E-state index in [0.29, 0.717) is 30.0 Å². The van der Waals surface area contributed by atoms with E-state index in [1.54, 1.807) is 19.3 Å². The number of benzene rings is 1. The Morgan fingerprint density at radius 3 is 3.00 bits per heavy atom. The number of ether oxygens (including phenoxy) is 3. The molecule has 0 spiro atoms. The van der Waals surface area contributed by atoms with Crippen LogP contribution < -0.4 is 10.5 Å². The molecule has 0 saturated carbocycles. The zero-order valence-electron chi connectivity index (χ0n) is 14.8. The van der Waals surface area contributed by atoms with Gasteiger partial charge in [-0.3, -0.25) is 4.79 Å². The van der Waals surface area contributed by atoms with E-state index in [9.17, 15) is 4.79 Å². The summed E-state index contributed by atoms with van der Waals surface area (Å²) in [5.74, 6) is 1.45. The van der Waals surface area contributed by atoms with Crippen LogP contribution in [0.4, 0.5) is 5.69 Å². The first kappa shape index (κ1) is 17.5. The maximum absolute atomic E-state index is 12.3. The van der Waals surface area contributed by atoms with Gasteiger partial charge in [-0.05, 0) is 42.9 Å². The fourth-order valence-corrected chi connectivity index (χ4v) is 3.84. The van der Waals surface area contributed by atoms with Crippen molar-refractivity contribution in [1.82, 2.24) is 0 Å². The van der Waals surface area contributed by atoms with Crippen molar-refractivity contribution in [1.29, 1.82) is 0 Å². The number of fused-ring (bicyclic) bond motifs is 1. The quantitative estimate of drug-likeness (QED) is 0.634. The molecule has 3 rings (SSSR count). The minimum atomic E-state index is -0.559. The molecule has 2 unspecified atom stereocenters. The Hall–Kier alpha value is -2.27. The lowest BCUT2D eigenvalue weighted by Gasteiger charge is -2.38. The van der Waals surface area contributed by atoms with Crippen LogP contribution in [0.1, 0.15) is 25.3 Å². The van der Waals surface area contributed by atoms with Crippen molar-refractivity contribution >= 4 is 11.5 Å². The molecule has 1 aromatic rings.